The Kier molecular flexibility index (Phi) is 4.79. The van der Waals surface area contributed by atoms with Crippen molar-refractivity contribution in [3.8, 4) is 0 Å². The molecule has 0 amide bonds. The number of hydrogen-bond donors (Lipinski definition) is 1. The van der Waals surface area contributed by atoms with E-state index in [2.05, 4.69) is 36.2 Å². The maximum atomic E-state index is 13.4. The van der Waals surface area contributed by atoms with Crippen molar-refractivity contribution in [3.05, 3.63) is 65.6 Å². The van der Waals surface area contributed by atoms with Crippen LogP contribution in [0.15, 0.2) is 54.8 Å². The fourth-order valence-electron chi connectivity index (χ4n) is 2.74. The number of aromatic nitrogens is 4. The first-order chi connectivity index (χ1) is 13.5. The highest BCUT2D eigenvalue weighted by Crippen LogP contribution is 2.26. The lowest BCUT2D eigenvalue weighted by Gasteiger charge is -2.23. The zero-order valence-electron chi connectivity index (χ0n) is 15.3. The van der Waals surface area contributed by atoms with Gasteiger partial charge in [-0.1, -0.05) is 11.6 Å². The number of allylic oxidation sites excluding steroid dienone is 1. The average Bonchev–Trinajstić information content (AvgIpc) is 2.71. The molecule has 0 aliphatic carbocycles. The molecule has 0 radical (unpaired) electrons. The Labute approximate surface area is 166 Å². The van der Waals surface area contributed by atoms with Gasteiger partial charge in [0.05, 0.1) is 11.2 Å². The third-order valence-corrected chi connectivity index (χ3v) is 4.61. The first-order valence-corrected chi connectivity index (χ1v) is 8.91. The molecule has 1 aliphatic rings. The Balaban J connectivity index is 1.69. The van der Waals surface area contributed by atoms with E-state index < -0.39 is 5.82 Å². The second-order valence-electron chi connectivity index (χ2n) is 6.32. The molecule has 1 aromatic carbocycles. The molecule has 4 rings (SSSR count). The Bertz CT molecular complexity index is 1100. The monoisotopic (exact) mass is 397 g/mol. The van der Waals surface area contributed by atoms with E-state index in [0.717, 1.165) is 12.2 Å². The SMILES string of the molecule is CN1C=CC(N(C)c2ncc3ncnc(Nc4ccc(F)c(Cl)c4)c3n2)=CC1. The molecule has 0 atom stereocenters. The maximum Gasteiger partial charge on any atom is 0.230 e. The lowest BCUT2D eigenvalue weighted by Crippen LogP contribution is -2.23. The predicted molar refractivity (Wildman–Crippen MR) is 108 cm³/mol. The van der Waals surface area contributed by atoms with Gasteiger partial charge in [-0.05, 0) is 30.4 Å². The van der Waals surface area contributed by atoms with E-state index in [-0.39, 0.29) is 5.02 Å². The fourth-order valence-corrected chi connectivity index (χ4v) is 2.92. The summed E-state index contributed by atoms with van der Waals surface area (Å²) in [6.45, 7) is 0.811. The van der Waals surface area contributed by atoms with Crippen molar-refractivity contribution in [1.29, 1.82) is 0 Å². The lowest BCUT2D eigenvalue weighted by molar-refractivity contribution is 0.501. The summed E-state index contributed by atoms with van der Waals surface area (Å²) in [4.78, 5) is 21.5. The zero-order valence-corrected chi connectivity index (χ0v) is 16.0. The summed E-state index contributed by atoms with van der Waals surface area (Å²) in [7, 11) is 3.91. The van der Waals surface area contributed by atoms with Gasteiger partial charge in [-0.15, -0.1) is 0 Å². The molecule has 142 valence electrons. The predicted octanol–water partition coefficient (Wildman–Crippen LogP) is 3.74. The number of nitrogens with one attached hydrogen (secondary N) is 1. The number of rotatable bonds is 4. The van der Waals surface area contributed by atoms with E-state index in [0.29, 0.717) is 28.5 Å². The minimum atomic E-state index is -0.481. The van der Waals surface area contributed by atoms with Crippen LogP contribution >= 0.6 is 11.6 Å². The Morgan fingerprint density at radius 2 is 2.11 bits per heavy atom. The molecular formula is C19H17ClFN7. The van der Waals surface area contributed by atoms with E-state index in [1.54, 1.807) is 12.3 Å². The molecule has 1 aliphatic heterocycles. The molecule has 2 aromatic heterocycles. The van der Waals surface area contributed by atoms with Crippen LogP contribution in [0.1, 0.15) is 0 Å². The van der Waals surface area contributed by atoms with Crippen LogP contribution < -0.4 is 10.2 Å². The molecule has 0 unspecified atom stereocenters. The van der Waals surface area contributed by atoms with Crippen LogP contribution in [0.25, 0.3) is 11.0 Å². The van der Waals surface area contributed by atoms with Crippen molar-refractivity contribution < 1.29 is 4.39 Å². The largest absolute Gasteiger partial charge is 0.377 e. The van der Waals surface area contributed by atoms with Crippen molar-refractivity contribution in [2.75, 3.05) is 30.9 Å². The fraction of sp³-hybridized carbons (Fsp3) is 0.158. The molecule has 0 saturated carbocycles. The van der Waals surface area contributed by atoms with Gasteiger partial charge in [-0.3, -0.25) is 0 Å². The Morgan fingerprint density at radius 1 is 1.25 bits per heavy atom. The van der Waals surface area contributed by atoms with E-state index in [1.807, 2.05) is 31.3 Å². The molecule has 1 N–H and O–H groups in total. The van der Waals surface area contributed by atoms with E-state index in [9.17, 15) is 4.39 Å². The molecule has 9 heteroatoms. The van der Waals surface area contributed by atoms with Gasteiger partial charge in [-0.2, -0.15) is 0 Å². The van der Waals surface area contributed by atoms with Crippen LogP contribution in [-0.2, 0) is 0 Å². The summed E-state index contributed by atoms with van der Waals surface area (Å²) >= 11 is 5.87. The summed E-state index contributed by atoms with van der Waals surface area (Å²) in [5.74, 6) is 0.519. The summed E-state index contributed by atoms with van der Waals surface area (Å²) in [5, 5.41) is 3.15. The second-order valence-corrected chi connectivity index (χ2v) is 6.73. The third-order valence-electron chi connectivity index (χ3n) is 4.32. The van der Waals surface area contributed by atoms with E-state index in [1.165, 1.54) is 18.5 Å². The quantitative estimate of drug-likeness (QED) is 0.719. The first kappa shape index (κ1) is 18.1. The molecule has 3 heterocycles. The third kappa shape index (κ3) is 3.59. The van der Waals surface area contributed by atoms with Crippen molar-refractivity contribution in [2.24, 2.45) is 0 Å². The number of fused-ring (bicyclic) bond motifs is 1. The van der Waals surface area contributed by atoms with Crippen molar-refractivity contribution in [3.63, 3.8) is 0 Å². The van der Waals surface area contributed by atoms with Crippen molar-refractivity contribution in [1.82, 2.24) is 24.8 Å². The van der Waals surface area contributed by atoms with Gasteiger partial charge in [-0.25, -0.2) is 24.3 Å². The summed E-state index contributed by atoms with van der Waals surface area (Å²) < 4.78 is 13.4. The molecule has 0 bridgehead atoms. The summed E-state index contributed by atoms with van der Waals surface area (Å²) in [6, 6.07) is 4.37. The van der Waals surface area contributed by atoms with Gasteiger partial charge in [0.1, 0.15) is 23.2 Å². The van der Waals surface area contributed by atoms with Crippen LogP contribution in [0.4, 0.5) is 21.8 Å². The van der Waals surface area contributed by atoms with Crippen LogP contribution in [0.5, 0.6) is 0 Å². The second kappa shape index (κ2) is 7.40. The van der Waals surface area contributed by atoms with Gasteiger partial charge < -0.3 is 15.1 Å². The number of hydrogen-bond acceptors (Lipinski definition) is 7. The van der Waals surface area contributed by atoms with Crippen LogP contribution in [0.2, 0.25) is 5.02 Å². The highest BCUT2D eigenvalue weighted by atomic mass is 35.5. The minimum absolute atomic E-state index is 0.0272. The van der Waals surface area contributed by atoms with Crippen molar-refractivity contribution in [2.45, 2.75) is 0 Å². The molecule has 0 saturated heterocycles. The normalized spacial score (nSPS) is 13.6. The molecule has 3 aromatic rings. The average molecular weight is 398 g/mol. The van der Waals surface area contributed by atoms with E-state index >= 15 is 0 Å². The van der Waals surface area contributed by atoms with Gasteiger partial charge in [0, 0.05) is 38.2 Å². The standard InChI is InChI=1S/C19H17ClFN7/c1-27-7-5-13(6-8-27)28(2)19-22-10-16-17(26-19)18(24-11-23-16)25-12-3-4-15(21)14(20)9-12/h3-7,9-11H,8H2,1-2H3,(H,23,24,25). The number of anilines is 3. The molecular weight excluding hydrogens is 381 g/mol. The Hall–Kier alpha value is -3.26. The highest BCUT2D eigenvalue weighted by Gasteiger charge is 2.14. The molecule has 0 fully saturated rings. The minimum Gasteiger partial charge on any atom is -0.377 e. The zero-order chi connectivity index (χ0) is 19.7. The smallest absolute Gasteiger partial charge is 0.230 e. The lowest BCUT2D eigenvalue weighted by atomic mass is 10.3. The van der Waals surface area contributed by atoms with Crippen LogP contribution in [0, 0.1) is 5.82 Å². The van der Waals surface area contributed by atoms with Gasteiger partial charge in [0.15, 0.2) is 5.82 Å². The van der Waals surface area contributed by atoms with Crippen LogP contribution in [0.3, 0.4) is 0 Å². The van der Waals surface area contributed by atoms with Crippen molar-refractivity contribution >= 4 is 40.1 Å². The number of benzene rings is 1. The first-order valence-electron chi connectivity index (χ1n) is 8.53. The number of halogens is 2. The summed E-state index contributed by atoms with van der Waals surface area (Å²) in [6.07, 6.45) is 9.16. The van der Waals surface area contributed by atoms with Crippen LogP contribution in [-0.4, -0.2) is 45.5 Å². The molecule has 0 spiro atoms. The maximum absolute atomic E-state index is 13.4. The van der Waals surface area contributed by atoms with Gasteiger partial charge >= 0.3 is 0 Å². The summed E-state index contributed by atoms with van der Waals surface area (Å²) in [5.41, 5.74) is 2.74. The molecule has 7 nitrogen and oxygen atoms in total. The Morgan fingerprint density at radius 3 is 2.86 bits per heavy atom. The topological polar surface area (TPSA) is 70.1 Å². The number of likely N-dealkylation sites (N-methyl/N-ethyl adjacent to an activating group) is 2. The highest BCUT2D eigenvalue weighted by molar-refractivity contribution is 6.31. The van der Waals surface area contributed by atoms with E-state index in [4.69, 9.17) is 11.6 Å². The number of nitrogens with zero attached hydrogens (tertiary/aromatic N) is 6. The molecule has 28 heavy (non-hydrogen) atoms. The van der Waals surface area contributed by atoms with Gasteiger partial charge in [0.2, 0.25) is 5.95 Å². The van der Waals surface area contributed by atoms with Gasteiger partial charge in [0.25, 0.3) is 0 Å².